The summed E-state index contributed by atoms with van der Waals surface area (Å²) in [5, 5.41) is 11.7. The second-order valence-electron chi connectivity index (χ2n) is 3.39. The Morgan fingerprint density at radius 1 is 1.44 bits per heavy atom. The lowest BCUT2D eigenvalue weighted by atomic mass is 10.2. The predicted molar refractivity (Wildman–Crippen MR) is 69.2 cm³/mol. The van der Waals surface area contributed by atoms with Gasteiger partial charge in [-0.15, -0.1) is 0 Å². The minimum absolute atomic E-state index is 0.104. The van der Waals surface area contributed by atoms with Crippen LogP contribution in [0.15, 0.2) is 39.9 Å². The maximum Gasteiger partial charge on any atom is 0.336 e. The first kappa shape index (κ1) is 12.3. The molecule has 0 spiro atoms. The molecule has 0 aliphatic heterocycles. The van der Waals surface area contributed by atoms with Gasteiger partial charge in [0, 0.05) is 22.6 Å². The van der Waals surface area contributed by atoms with E-state index in [1.54, 1.807) is 12.1 Å². The van der Waals surface area contributed by atoms with Crippen LogP contribution in [0.25, 0.3) is 0 Å². The Morgan fingerprint density at radius 2 is 2.22 bits per heavy atom. The second-order valence-corrected chi connectivity index (χ2v) is 4.25. The highest BCUT2D eigenvalue weighted by molar-refractivity contribution is 9.10. The fourth-order valence-electron chi connectivity index (χ4n) is 1.34. The average Bonchev–Trinajstić information content (AvgIpc) is 2.34. The van der Waals surface area contributed by atoms with E-state index in [1.807, 2.05) is 0 Å². The number of hydrogen-bond donors (Lipinski definition) is 3. The summed E-state index contributed by atoms with van der Waals surface area (Å²) < 4.78 is 0.468. The number of H-pyrrole nitrogens is 1. The third kappa shape index (κ3) is 2.57. The highest BCUT2D eigenvalue weighted by Crippen LogP contribution is 2.22. The monoisotopic (exact) mass is 309 g/mol. The number of carbonyl (C=O) groups is 1. The first-order valence-electron chi connectivity index (χ1n) is 4.91. The van der Waals surface area contributed by atoms with E-state index in [-0.39, 0.29) is 16.9 Å². The average molecular weight is 310 g/mol. The SMILES string of the molecule is O=C(O)c1cc(Nc2ncc[nH]c2=O)ccc1Br. The maximum absolute atomic E-state index is 11.4. The van der Waals surface area contributed by atoms with Crippen LogP contribution < -0.4 is 10.9 Å². The lowest BCUT2D eigenvalue weighted by Gasteiger charge is -2.06. The quantitative estimate of drug-likeness (QED) is 0.805. The zero-order chi connectivity index (χ0) is 13.1. The number of rotatable bonds is 3. The molecule has 0 unspecified atom stereocenters. The Balaban J connectivity index is 2.36. The van der Waals surface area contributed by atoms with Crippen molar-refractivity contribution in [3.8, 4) is 0 Å². The molecule has 3 N–H and O–H groups in total. The molecular formula is C11H8BrN3O3. The van der Waals surface area contributed by atoms with E-state index in [1.165, 1.54) is 18.5 Å². The largest absolute Gasteiger partial charge is 0.478 e. The number of aromatic carboxylic acids is 1. The van der Waals surface area contributed by atoms with Gasteiger partial charge < -0.3 is 15.4 Å². The van der Waals surface area contributed by atoms with Gasteiger partial charge in [-0.1, -0.05) is 0 Å². The molecule has 92 valence electrons. The number of nitrogens with zero attached hydrogens (tertiary/aromatic N) is 1. The van der Waals surface area contributed by atoms with Crippen LogP contribution in [0.3, 0.4) is 0 Å². The number of hydrogen-bond acceptors (Lipinski definition) is 4. The number of aromatic nitrogens is 2. The minimum Gasteiger partial charge on any atom is -0.478 e. The van der Waals surface area contributed by atoms with Crippen LogP contribution in [0.2, 0.25) is 0 Å². The normalized spacial score (nSPS) is 10.1. The van der Waals surface area contributed by atoms with E-state index < -0.39 is 5.97 Å². The Kier molecular flexibility index (Phi) is 3.42. The van der Waals surface area contributed by atoms with Crippen molar-refractivity contribution in [1.82, 2.24) is 9.97 Å². The molecule has 0 amide bonds. The highest BCUT2D eigenvalue weighted by atomic mass is 79.9. The number of halogens is 1. The standard InChI is InChI=1S/C11H8BrN3O3/c12-8-2-1-6(5-7(8)11(17)18)15-9-10(16)14-4-3-13-9/h1-5H,(H,13,15)(H,14,16)(H,17,18). The first-order valence-corrected chi connectivity index (χ1v) is 5.71. The summed E-state index contributed by atoms with van der Waals surface area (Å²) in [4.78, 5) is 28.7. The van der Waals surface area contributed by atoms with Crippen LogP contribution in [-0.2, 0) is 0 Å². The molecule has 0 radical (unpaired) electrons. The van der Waals surface area contributed by atoms with Crippen LogP contribution in [0.5, 0.6) is 0 Å². The van der Waals surface area contributed by atoms with Crippen molar-refractivity contribution in [2.75, 3.05) is 5.32 Å². The van der Waals surface area contributed by atoms with Gasteiger partial charge in [0.1, 0.15) is 0 Å². The van der Waals surface area contributed by atoms with E-state index >= 15 is 0 Å². The van der Waals surface area contributed by atoms with Gasteiger partial charge in [-0.3, -0.25) is 4.79 Å². The van der Waals surface area contributed by atoms with Crippen LogP contribution in [0.4, 0.5) is 11.5 Å². The van der Waals surface area contributed by atoms with Gasteiger partial charge in [-0.05, 0) is 34.1 Å². The van der Waals surface area contributed by atoms with Crippen molar-refractivity contribution in [2.24, 2.45) is 0 Å². The number of carboxylic acid groups (broad SMARTS) is 1. The van der Waals surface area contributed by atoms with Crippen molar-refractivity contribution < 1.29 is 9.90 Å². The summed E-state index contributed by atoms with van der Waals surface area (Å²) in [6.07, 6.45) is 2.85. The summed E-state index contributed by atoms with van der Waals surface area (Å²) in [5.41, 5.74) is 0.199. The molecular weight excluding hydrogens is 302 g/mol. The van der Waals surface area contributed by atoms with Crippen LogP contribution in [0, 0.1) is 0 Å². The van der Waals surface area contributed by atoms with Gasteiger partial charge in [0.25, 0.3) is 5.56 Å². The van der Waals surface area contributed by atoms with E-state index in [9.17, 15) is 9.59 Å². The molecule has 1 heterocycles. The third-order valence-electron chi connectivity index (χ3n) is 2.17. The number of carboxylic acids is 1. The van der Waals surface area contributed by atoms with Crippen molar-refractivity contribution >= 4 is 33.4 Å². The molecule has 0 bridgehead atoms. The van der Waals surface area contributed by atoms with Crippen LogP contribution >= 0.6 is 15.9 Å². The van der Waals surface area contributed by atoms with Crippen molar-refractivity contribution in [1.29, 1.82) is 0 Å². The summed E-state index contributed by atoms with van der Waals surface area (Å²) >= 11 is 3.14. The summed E-state index contributed by atoms with van der Waals surface area (Å²) in [6, 6.07) is 4.65. The second kappa shape index (κ2) is 5.01. The van der Waals surface area contributed by atoms with Crippen molar-refractivity contribution in [3.05, 3.63) is 51.0 Å². The molecule has 18 heavy (non-hydrogen) atoms. The smallest absolute Gasteiger partial charge is 0.336 e. The van der Waals surface area contributed by atoms with E-state index in [0.717, 1.165) is 0 Å². The molecule has 6 nitrogen and oxygen atoms in total. The minimum atomic E-state index is -1.06. The Bertz CT molecular complexity index is 654. The molecule has 1 aromatic carbocycles. The van der Waals surface area contributed by atoms with E-state index in [4.69, 9.17) is 5.11 Å². The zero-order valence-corrected chi connectivity index (χ0v) is 10.6. The maximum atomic E-state index is 11.4. The fourth-order valence-corrected chi connectivity index (χ4v) is 1.76. The van der Waals surface area contributed by atoms with Gasteiger partial charge in [0.05, 0.1) is 5.56 Å². The topological polar surface area (TPSA) is 95.1 Å². The van der Waals surface area contributed by atoms with Crippen LogP contribution in [-0.4, -0.2) is 21.0 Å². The van der Waals surface area contributed by atoms with Gasteiger partial charge in [-0.2, -0.15) is 0 Å². The Hall–Kier alpha value is -2.15. The lowest BCUT2D eigenvalue weighted by Crippen LogP contribution is -2.12. The molecule has 1 aromatic heterocycles. The third-order valence-corrected chi connectivity index (χ3v) is 2.86. The Labute approximate surface area is 110 Å². The van der Waals surface area contributed by atoms with Gasteiger partial charge in [-0.25, -0.2) is 9.78 Å². The molecule has 7 heteroatoms. The number of nitrogens with one attached hydrogen (secondary N) is 2. The van der Waals surface area contributed by atoms with Gasteiger partial charge in [0.2, 0.25) is 0 Å². The zero-order valence-electron chi connectivity index (χ0n) is 8.98. The molecule has 0 saturated heterocycles. The highest BCUT2D eigenvalue weighted by Gasteiger charge is 2.09. The molecule has 2 aromatic rings. The number of benzene rings is 1. The Morgan fingerprint density at radius 3 is 2.89 bits per heavy atom. The van der Waals surface area contributed by atoms with E-state index in [0.29, 0.717) is 10.2 Å². The van der Waals surface area contributed by atoms with Crippen molar-refractivity contribution in [3.63, 3.8) is 0 Å². The number of aromatic amines is 1. The van der Waals surface area contributed by atoms with Crippen molar-refractivity contribution in [2.45, 2.75) is 0 Å². The molecule has 2 rings (SSSR count). The molecule has 0 saturated carbocycles. The molecule has 0 aliphatic rings. The van der Waals surface area contributed by atoms with Gasteiger partial charge in [0.15, 0.2) is 5.82 Å². The van der Waals surface area contributed by atoms with Crippen LogP contribution in [0.1, 0.15) is 10.4 Å². The molecule has 0 atom stereocenters. The number of anilines is 2. The summed E-state index contributed by atoms with van der Waals surface area (Å²) in [6.45, 7) is 0. The fraction of sp³-hybridized carbons (Fsp3) is 0. The summed E-state index contributed by atoms with van der Waals surface area (Å²) in [7, 11) is 0. The van der Waals surface area contributed by atoms with E-state index in [2.05, 4.69) is 31.2 Å². The van der Waals surface area contributed by atoms with Gasteiger partial charge >= 0.3 is 5.97 Å². The molecule has 0 fully saturated rings. The molecule has 0 aliphatic carbocycles. The predicted octanol–water partition coefficient (Wildman–Crippen LogP) is 1.97. The summed E-state index contributed by atoms with van der Waals surface area (Å²) in [5.74, 6) is -0.948. The first-order chi connectivity index (χ1) is 8.58. The lowest BCUT2D eigenvalue weighted by molar-refractivity contribution is 0.0696.